The Kier molecular flexibility index (Phi) is 3.62. The highest BCUT2D eigenvalue weighted by Gasteiger charge is 2.13. The van der Waals surface area contributed by atoms with E-state index >= 15 is 0 Å². The quantitative estimate of drug-likeness (QED) is 0.864. The maximum absolute atomic E-state index is 8.93. The summed E-state index contributed by atoms with van der Waals surface area (Å²) < 4.78 is 0. The van der Waals surface area contributed by atoms with Gasteiger partial charge in [-0.15, -0.1) is 0 Å². The predicted octanol–water partition coefficient (Wildman–Crippen LogP) is 2.77. The van der Waals surface area contributed by atoms with Crippen LogP contribution in [-0.4, -0.2) is 16.6 Å². The molecule has 2 rings (SSSR count). The Morgan fingerprint density at radius 3 is 2.75 bits per heavy atom. The molecule has 84 valence electrons. The van der Waals surface area contributed by atoms with Crippen molar-refractivity contribution in [3.05, 3.63) is 46.5 Å². The zero-order chi connectivity index (χ0) is 11.4. The summed E-state index contributed by atoms with van der Waals surface area (Å²) in [5.74, 6) is 0. The zero-order valence-electron chi connectivity index (χ0n) is 9.31. The number of aliphatic hydroxyl groups excluding tert-OH is 1. The summed E-state index contributed by atoms with van der Waals surface area (Å²) in [6, 6.07) is 10.3. The van der Waals surface area contributed by atoms with Crippen molar-refractivity contribution in [2.45, 2.75) is 19.9 Å². The average Bonchev–Trinajstić information content (AvgIpc) is 2.64. The molecule has 16 heavy (non-hydrogen) atoms. The van der Waals surface area contributed by atoms with Crippen molar-refractivity contribution >= 4 is 11.2 Å². The number of nitrogens with zero attached hydrogens (tertiary/aromatic N) is 1. The Balaban J connectivity index is 2.07. The van der Waals surface area contributed by atoms with Crippen LogP contribution in [0.25, 0.3) is 0 Å². The highest BCUT2D eigenvalue weighted by molar-refractivity contribution is 7.92. The summed E-state index contributed by atoms with van der Waals surface area (Å²) in [4.78, 5) is 3.34. The summed E-state index contributed by atoms with van der Waals surface area (Å²) in [6.07, 6.45) is 0.731. The third-order valence-corrected chi connectivity index (χ3v) is 3.67. The maximum Gasteiger partial charge on any atom is 0.0564 e. The highest BCUT2D eigenvalue weighted by Crippen LogP contribution is 2.25. The first-order valence-electron chi connectivity index (χ1n) is 5.36. The van der Waals surface area contributed by atoms with Crippen molar-refractivity contribution in [3.63, 3.8) is 0 Å². The number of hydrogen-bond acceptors (Lipinski definition) is 2. The van der Waals surface area contributed by atoms with E-state index in [0.29, 0.717) is 0 Å². The van der Waals surface area contributed by atoms with E-state index in [0.717, 1.165) is 13.0 Å². The SMILES string of the molecule is CC1=C(CCO)S#CN1Cc1ccccc1. The second-order valence-corrected chi connectivity index (χ2v) is 4.63. The molecule has 3 heteroatoms. The summed E-state index contributed by atoms with van der Waals surface area (Å²) in [7, 11) is 0. The first kappa shape index (κ1) is 11.2. The van der Waals surface area contributed by atoms with E-state index in [1.54, 1.807) is 11.2 Å². The molecule has 1 aliphatic rings. The maximum atomic E-state index is 8.93. The van der Waals surface area contributed by atoms with Crippen LogP contribution in [0.15, 0.2) is 40.9 Å². The van der Waals surface area contributed by atoms with Crippen LogP contribution in [0.3, 0.4) is 0 Å². The van der Waals surface area contributed by atoms with E-state index in [4.69, 9.17) is 5.11 Å². The van der Waals surface area contributed by atoms with Crippen LogP contribution in [0.2, 0.25) is 0 Å². The molecule has 1 aliphatic heterocycles. The van der Waals surface area contributed by atoms with Crippen LogP contribution < -0.4 is 0 Å². The Hall–Kier alpha value is -1.28. The van der Waals surface area contributed by atoms with Gasteiger partial charge in [0.2, 0.25) is 0 Å². The standard InChI is InChI=1S/C13H15NOS/c1-11-13(7-8-15)16-10-14(11)9-12-5-3-2-4-6-12/h2-6,15H,7-9H2,1H3. The van der Waals surface area contributed by atoms with Crippen molar-refractivity contribution in [1.82, 2.24) is 4.90 Å². The number of aliphatic hydroxyl groups is 1. The molecule has 0 saturated carbocycles. The summed E-state index contributed by atoms with van der Waals surface area (Å²) in [5, 5.41) is 12.2. The molecule has 0 fully saturated rings. The van der Waals surface area contributed by atoms with Crippen molar-refractivity contribution in [1.29, 1.82) is 0 Å². The normalized spacial score (nSPS) is 14.5. The Morgan fingerprint density at radius 2 is 2.06 bits per heavy atom. The van der Waals surface area contributed by atoms with Crippen LogP contribution in [-0.2, 0) is 6.54 Å². The van der Waals surface area contributed by atoms with Crippen molar-refractivity contribution in [3.8, 4) is 5.31 Å². The van der Waals surface area contributed by atoms with Gasteiger partial charge >= 0.3 is 0 Å². The van der Waals surface area contributed by atoms with Crippen molar-refractivity contribution in [2.24, 2.45) is 0 Å². The second kappa shape index (κ2) is 5.17. The topological polar surface area (TPSA) is 23.5 Å². The third kappa shape index (κ3) is 2.45. The van der Waals surface area contributed by atoms with Gasteiger partial charge in [-0.3, -0.25) is 4.90 Å². The van der Waals surface area contributed by atoms with Crippen LogP contribution >= 0.6 is 11.2 Å². The van der Waals surface area contributed by atoms with Gasteiger partial charge in [-0.05, 0) is 12.5 Å². The molecular weight excluding hydrogens is 218 g/mol. The van der Waals surface area contributed by atoms with Gasteiger partial charge < -0.3 is 5.11 Å². The summed E-state index contributed by atoms with van der Waals surface area (Å²) >= 11 is 1.60. The molecule has 1 N–H and O–H groups in total. The van der Waals surface area contributed by atoms with E-state index < -0.39 is 0 Å². The molecule has 0 bridgehead atoms. The van der Waals surface area contributed by atoms with Gasteiger partial charge in [-0.1, -0.05) is 41.5 Å². The first-order valence-corrected chi connectivity index (χ1v) is 6.17. The van der Waals surface area contributed by atoms with Crippen molar-refractivity contribution in [2.75, 3.05) is 6.61 Å². The minimum atomic E-state index is 0.209. The lowest BCUT2D eigenvalue weighted by molar-refractivity contribution is 0.300. The molecule has 0 amide bonds. The van der Waals surface area contributed by atoms with E-state index in [1.165, 1.54) is 16.2 Å². The smallest absolute Gasteiger partial charge is 0.0564 e. The highest BCUT2D eigenvalue weighted by atomic mass is 32.1. The molecular formula is C13H15NOS. The number of hydrogen-bond donors (Lipinski definition) is 1. The molecule has 0 radical (unpaired) electrons. The van der Waals surface area contributed by atoms with Gasteiger partial charge in [0.1, 0.15) is 0 Å². The third-order valence-electron chi connectivity index (χ3n) is 2.61. The molecule has 1 heterocycles. The summed E-state index contributed by atoms with van der Waals surface area (Å²) in [5.41, 5.74) is 2.49. The molecule has 0 saturated heterocycles. The predicted molar refractivity (Wildman–Crippen MR) is 67.9 cm³/mol. The Labute approximate surface area is 99.8 Å². The number of benzene rings is 1. The number of allylic oxidation sites excluding steroid dienone is 1. The molecule has 0 unspecified atom stereocenters. The lowest BCUT2D eigenvalue weighted by Gasteiger charge is -2.16. The fourth-order valence-electron chi connectivity index (χ4n) is 1.65. The van der Waals surface area contributed by atoms with Gasteiger partial charge in [-0.2, -0.15) is 0 Å². The second-order valence-electron chi connectivity index (χ2n) is 3.75. The largest absolute Gasteiger partial charge is 0.396 e. The zero-order valence-corrected chi connectivity index (χ0v) is 10.1. The molecule has 0 spiro atoms. The lowest BCUT2D eigenvalue weighted by atomic mass is 10.2. The minimum Gasteiger partial charge on any atom is -0.396 e. The number of rotatable bonds is 4. The summed E-state index contributed by atoms with van der Waals surface area (Å²) in [6.45, 7) is 3.15. The van der Waals surface area contributed by atoms with Crippen LogP contribution in [0.5, 0.6) is 0 Å². The van der Waals surface area contributed by atoms with E-state index in [-0.39, 0.29) is 6.61 Å². The van der Waals surface area contributed by atoms with Gasteiger partial charge in [0.25, 0.3) is 0 Å². The Morgan fingerprint density at radius 1 is 1.31 bits per heavy atom. The van der Waals surface area contributed by atoms with Crippen molar-refractivity contribution < 1.29 is 5.11 Å². The molecule has 0 aromatic heterocycles. The average molecular weight is 233 g/mol. The van der Waals surface area contributed by atoms with Gasteiger partial charge in [0, 0.05) is 28.9 Å². The van der Waals surface area contributed by atoms with Crippen LogP contribution in [0.4, 0.5) is 0 Å². The molecule has 1 aromatic carbocycles. The molecule has 1 aromatic rings. The van der Waals surface area contributed by atoms with Gasteiger partial charge in [0.05, 0.1) is 6.54 Å². The fourth-order valence-corrected chi connectivity index (χ4v) is 2.53. The molecule has 2 nitrogen and oxygen atoms in total. The molecule has 0 atom stereocenters. The van der Waals surface area contributed by atoms with Crippen LogP contribution in [0, 0.1) is 5.31 Å². The minimum absolute atomic E-state index is 0.209. The lowest BCUT2D eigenvalue weighted by Crippen LogP contribution is -2.13. The Bertz CT molecular complexity index is 456. The van der Waals surface area contributed by atoms with Crippen LogP contribution in [0.1, 0.15) is 18.9 Å². The fraction of sp³-hybridized carbons (Fsp3) is 0.308. The van der Waals surface area contributed by atoms with Gasteiger partial charge in [-0.25, -0.2) is 0 Å². The first-order chi connectivity index (χ1) is 7.81. The van der Waals surface area contributed by atoms with E-state index in [9.17, 15) is 0 Å². The monoisotopic (exact) mass is 233 g/mol. The van der Waals surface area contributed by atoms with Gasteiger partial charge in [0.15, 0.2) is 0 Å². The van der Waals surface area contributed by atoms with E-state index in [1.807, 2.05) is 18.2 Å². The van der Waals surface area contributed by atoms with E-state index in [2.05, 4.69) is 29.3 Å². The molecule has 0 aliphatic carbocycles.